The number of hydrogen-bond acceptors (Lipinski definition) is 4. The number of aryl methyl sites for hydroxylation is 1. The number of thiazole rings is 1. The van der Waals surface area contributed by atoms with Crippen LogP contribution in [-0.4, -0.2) is 28.6 Å². The summed E-state index contributed by atoms with van der Waals surface area (Å²) >= 11 is 1.56. The highest BCUT2D eigenvalue weighted by atomic mass is 32.1. The molecule has 0 fully saturated rings. The monoisotopic (exact) mass is 290 g/mol. The minimum absolute atomic E-state index is 0.0480. The van der Waals surface area contributed by atoms with Gasteiger partial charge in [0.1, 0.15) is 5.01 Å². The summed E-state index contributed by atoms with van der Waals surface area (Å²) in [6.07, 6.45) is 0.702. The third-order valence-corrected chi connectivity index (χ3v) is 4.05. The molecule has 2 aromatic rings. The molecule has 20 heavy (non-hydrogen) atoms. The first-order chi connectivity index (χ1) is 9.63. The van der Waals surface area contributed by atoms with Gasteiger partial charge in [0.2, 0.25) is 0 Å². The molecule has 1 heterocycles. The van der Waals surface area contributed by atoms with Crippen molar-refractivity contribution in [1.29, 1.82) is 0 Å². The molecular formula is C15H18N2O2S. The van der Waals surface area contributed by atoms with Crippen molar-refractivity contribution in [3.8, 4) is 10.6 Å². The quantitative estimate of drug-likeness (QED) is 0.890. The van der Waals surface area contributed by atoms with Crippen molar-refractivity contribution in [3.05, 3.63) is 40.9 Å². The molecule has 1 unspecified atom stereocenters. The lowest BCUT2D eigenvalue weighted by Crippen LogP contribution is -2.36. The number of nitrogens with zero attached hydrogens (tertiary/aromatic N) is 1. The summed E-state index contributed by atoms with van der Waals surface area (Å²) in [5.41, 5.74) is 2.50. The number of nitrogens with one attached hydrogen (secondary N) is 1. The average molecular weight is 290 g/mol. The van der Waals surface area contributed by atoms with E-state index in [0.717, 1.165) is 16.3 Å². The minimum atomic E-state index is -0.201. The molecule has 0 spiro atoms. The first-order valence-corrected chi connectivity index (χ1v) is 7.46. The Morgan fingerprint density at radius 2 is 2.30 bits per heavy atom. The largest absolute Gasteiger partial charge is 0.394 e. The summed E-state index contributed by atoms with van der Waals surface area (Å²) in [6.45, 7) is 3.83. The van der Waals surface area contributed by atoms with E-state index in [4.69, 9.17) is 5.11 Å². The zero-order valence-corrected chi connectivity index (χ0v) is 12.4. The Balaban J connectivity index is 2.19. The molecular weight excluding hydrogens is 272 g/mol. The Labute approximate surface area is 122 Å². The van der Waals surface area contributed by atoms with E-state index < -0.39 is 0 Å². The van der Waals surface area contributed by atoms with Crippen LogP contribution < -0.4 is 5.32 Å². The summed E-state index contributed by atoms with van der Waals surface area (Å²) in [6, 6.07) is 7.19. The normalized spacial score (nSPS) is 12.2. The Hall–Kier alpha value is -1.72. The van der Waals surface area contributed by atoms with Crippen LogP contribution in [0.1, 0.15) is 29.4 Å². The maximum atomic E-state index is 12.1. The first kappa shape index (κ1) is 14.7. The molecule has 0 saturated heterocycles. The molecule has 2 N–H and O–H groups in total. The molecule has 2 rings (SSSR count). The molecule has 1 aromatic carbocycles. The molecule has 0 bridgehead atoms. The lowest BCUT2D eigenvalue weighted by atomic mass is 10.1. The smallest absolute Gasteiger partial charge is 0.251 e. The van der Waals surface area contributed by atoms with Gasteiger partial charge in [0, 0.05) is 22.2 Å². The Morgan fingerprint density at radius 1 is 1.50 bits per heavy atom. The van der Waals surface area contributed by atoms with Crippen molar-refractivity contribution in [2.45, 2.75) is 26.3 Å². The van der Waals surface area contributed by atoms with Crippen molar-refractivity contribution in [2.24, 2.45) is 0 Å². The molecule has 1 amide bonds. The van der Waals surface area contributed by atoms with E-state index in [1.807, 2.05) is 37.4 Å². The van der Waals surface area contributed by atoms with Crippen molar-refractivity contribution >= 4 is 17.2 Å². The highest BCUT2D eigenvalue weighted by Crippen LogP contribution is 2.24. The Morgan fingerprint density at radius 3 is 2.90 bits per heavy atom. The fourth-order valence-corrected chi connectivity index (χ4v) is 2.62. The maximum absolute atomic E-state index is 12.1. The van der Waals surface area contributed by atoms with Crippen LogP contribution >= 0.6 is 11.3 Å². The first-order valence-electron chi connectivity index (χ1n) is 6.58. The molecule has 1 atom stereocenters. The molecule has 5 heteroatoms. The maximum Gasteiger partial charge on any atom is 0.251 e. The van der Waals surface area contributed by atoms with Gasteiger partial charge in [0.05, 0.1) is 12.6 Å². The lowest BCUT2D eigenvalue weighted by Gasteiger charge is -2.14. The fourth-order valence-electron chi connectivity index (χ4n) is 1.83. The topological polar surface area (TPSA) is 62.2 Å². The second-order valence-corrected chi connectivity index (χ2v) is 5.49. The fraction of sp³-hybridized carbons (Fsp3) is 0.333. The highest BCUT2D eigenvalue weighted by Gasteiger charge is 2.12. The number of carbonyl (C=O) groups is 1. The number of carbonyl (C=O) groups excluding carboxylic acids is 1. The third kappa shape index (κ3) is 3.43. The van der Waals surface area contributed by atoms with Crippen LogP contribution in [-0.2, 0) is 0 Å². The van der Waals surface area contributed by atoms with Crippen LogP contribution in [0.2, 0.25) is 0 Å². The van der Waals surface area contributed by atoms with Gasteiger partial charge in [-0.05, 0) is 25.5 Å². The molecule has 0 saturated carbocycles. The van der Waals surface area contributed by atoms with Gasteiger partial charge in [0.15, 0.2) is 0 Å². The molecule has 106 valence electrons. The SMILES string of the molecule is CCC(CO)NC(=O)c1cccc(-c2nc(C)cs2)c1. The predicted octanol–water partition coefficient (Wildman–Crippen LogP) is 2.62. The number of rotatable bonds is 5. The van der Waals surface area contributed by atoms with E-state index in [9.17, 15) is 4.79 Å². The molecule has 0 radical (unpaired) electrons. The van der Waals surface area contributed by atoms with E-state index in [1.54, 1.807) is 17.4 Å². The van der Waals surface area contributed by atoms with Gasteiger partial charge < -0.3 is 10.4 Å². The van der Waals surface area contributed by atoms with Crippen molar-refractivity contribution in [2.75, 3.05) is 6.61 Å². The van der Waals surface area contributed by atoms with Gasteiger partial charge >= 0.3 is 0 Å². The van der Waals surface area contributed by atoms with Gasteiger partial charge in [-0.25, -0.2) is 4.98 Å². The highest BCUT2D eigenvalue weighted by molar-refractivity contribution is 7.13. The van der Waals surface area contributed by atoms with Crippen LogP contribution in [0.25, 0.3) is 10.6 Å². The second kappa shape index (κ2) is 6.63. The van der Waals surface area contributed by atoms with Crippen LogP contribution in [0.3, 0.4) is 0 Å². The number of aliphatic hydroxyl groups is 1. The Kier molecular flexibility index (Phi) is 4.87. The van der Waals surface area contributed by atoms with Crippen LogP contribution in [0.4, 0.5) is 0 Å². The van der Waals surface area contributed by atoms with Crippen LogP contribution in [0, 0.1) is 6.92 Å². The van der Waals surface area contributed by atoms with Gasteiger partial charge in [-0.15, -0.1) is 11.3 Å². The summed E-state index contributed by atoms with van der Waals surface area (Å²) in [5, 5.41) is 14.8. The van der Waals surface area contributed by atoms with Crippen LogP contribution in [0.5, 0.6) is 0 Å². The number of benzene rings is 1. The van der Waals surface area contributed by atoms with Gasteiger partial charge in [-0.1, -0.05) is 19.1 Å². The summed E-state index contributed by atoms with van der Waals surface area (Å²) in [5.74, 6) is -0.166. The van der Waals surface area contributed by atoms with Gasteiger partial charge in [0.25, 0.3) is 5.91 Å². The molecule has 0 aliphatic rings. The number of aliphatic hydroxyl groups excluding tert-OH is 1. The van der Waals surface area contributed by atoms with E-state index in [0.29, 0.717) is 12.0 Å². The average Bonchev–Trinajstić information content (AvgIpc) is 2.91. The number of amides is 1. The van der Waals surface area contributed by atoms with Crippen molar-refractivity contribution < 1.29 is 9.90 Å². The second-order valence-electron chi connectivity index (χ2n) is 4.64. The standard InChI is InChI=1S/C15H18N2O2S/c1-3-13(8-18)17-14(19)11-5-4-6-12(7-11)15-16-10(2)9-20-15/h4-7,9,13,18H,3,8H2,1-2H3,(H,17,19). The van der Waals surface area contributed by atoms with E-state index in [1.165, 1.54) is 0 Å². The third-order valence-electron chi connectivity index (χ3n) is 3.04. The van der Waals surface area contributed by atoms with Crippen LogP contribution in [0.15, 0.2) is 29.6 Å². The molecule has 0 aliphatic heterocycles. The number of hydrogen-bond donors (Lipinski definition) is 2. The molecule has 4 nitrogen and oxygen atoms in total. The summed E-state index contributed by atoms with van der Waals surface area (Å²) in [4.78, 5) is 16.5. The predicted molar refractivity (Wildman–Crippen MR) is 80.9 cm³/mol. The van der Waals surface area contributed by atoms with Gasteiger partial charge in [-0.3, -0.25) is 4.79 Å². The van der Waals surface area contributed by atoms with Crippen molar-refractivity contribution in [3.63, 3.8) is 0 Å². The van der Waals surface area contributed by atoms with E-state index >= 15 is 0 Å². The molecule has 1 aromatic heterocycles. The summed E-state index contributed by atoms with van der Waals surface area (Å²) < 4.78 is 0. The lowest BCUT2D eigenvalue weighted by molar-refractivity contribution is 0.0915. The zero-order valence-electron chi connectivity index (χ0n) is 11.6. The molecule has 0 aliphatic carbocycles. The summed E-state index contributed by atoms with van der Waals surface area (Å²) in [7, 11) is 0. The van der Waals surface area contributed by atoms with Crippen molar-refractivity contribution in [1.82, 2.24) is 10.3 Å². The zero-order chi connectivity index (χ0) is 14.5. The van der Waals surface area contributed by atoms with E-state index in [-0.39, 0.29) is 18.6 Å². The van der Waals surface area contributed by atoms with Gasteiger partial charge in [-0.2, -0.15) is 0 Å². The minimum Gasteiger partial charge on any atom is -0.394 e. The van der Waals surface area contributed by atoms with E-state index in [2.05, 4.69) is 10.3 Å². The Bertz CT molecular complexity index is 591. The number of aromatic nitrogens is 1.